The normalized spacial score (nSPS) is 20.9. The minimum atomic E-state index is -0.673. The van der Waals surface area contributed by atoms with E-state index in [1.807, 2.05) is 19.9 Å². The largest absolute Gasteiger partial charge is 0.346 e. The van der Waals surface area contributed by atoms with E-state index in [1.54, 1.807) is 0 Å². The number of Topliss-reactive ketones (excluding diaryl/α,β-unsaturated/α-hetero) is 1. The van der Waals surface area contributed by atoms with Gasteiger partial charge in [0, 0.05) is 19.1 Å². The van der Waals surface area contributed by atoms with Gasteiger partial charge in [0.2, 0.25) is 6.29 Å². The van der Waals surface area contributed by atoms with Crippen molar-refractivity contribution in [1.82, 2.24) is 0 Å². The van der Waals surface area contributed by atoms with Crippen molar-refractivity contribution in [3.05, 3.63) is 12.2 Å². The molecule has 0 aromatic carbocycles. The van der Waals surface area contributed by atoms with Crippen molar-refractivity contribution in [2.45, 2.75) is 39.4 Å². The van der Waals surface area contributed by atoms with Crippen molar-refractivity contribution >= 4 is 5.78 Å². The summed E-state index contributed by atoms with van der Waals surface area (Å²) in [7, 11) is 0. The van der Waals surface area contributed by atoms with Crippen LogP contribution in [0.15, 0.2) is 12.2 Å². The van der Waals surface area contributed by atoms with Gasteiger partial charge in [-0.25, -0.2) is 0 Å². The average molecular weight is 212 g/mol. The van der Waals surface area contributed by atoms with Gasteiger partial charge in [0.25, 0.3) is 0 Å². The van der Waals surface area contributed by atoms with Gasteiger partial charge in [0.15, 0.2) is 5.78 Å². The number of ether oxygens (including phenoxy) is 2. The molecule has 1 aliphatic carbocycles. The van der Waals surface area contributed by atoms with Crippen LogP contribution >= 0.6 is 0 Å². The first-order valence-corrected chi connectivity index (χ1v) is 5.73. The summed E-state index contributed by atoms with van der Waals surface area (Å²) in [6.07, 6.45) is 6.46. The first-order chi connectivity index (χ1) is 7.29. The highest BCUT2D eigenvalue weighted by Gasteiger charge is 2.26. The molecule has 0 saturated heterocycles. The fourth-order valence-corrected chi connectivity index (χ4v) is 1.74. The topological polar surface area (TPSA) is 35.5 Å². The minimum Gasteiger partial charge on any atom is -0.346 e. The molecule has 0 aliphatic heterocycles. The van der Waals surface area contributed by atoms with Crippen LogP contribution in [-0.4, -0.2) is 25.3 Å². The Morgan fingerprint density at radius 3 is 2.53 bits per heavy atom. The zero-order valence-electron chi connectivity index (χ0n) is 9.57. The molecule has 0 radical (unpaired) electrons. The lowest BCUT2D eigenvalue weighted by atomic mass is 9.92. The van der Waals surface area contributed by atoms with Crippen molar-refractivity contribution in [2.24, 2.45) is 5.92 Å². The Bertz CT molecular complexity index is 217. The smallest absolute Gasteiger partial charge is 0.218 e. The van der Waals surface area contributed by atoms with Gasteiger partial charge in [0.05, 0.1) is 0 Å². The van der Waals surface area contributed by atoms with Gasteiger partial charge in [-0.2, -0.15) is 0 Å². The molecular weight excluding hydrogens is 192 g/mol. The summed E-state index contributed by atoms with van der Waals surface area (Å²) < 4.78 is 10.6. The molecule has 0 aromatic heterocycles. The van der Waals surface area contributed by atoms with Crippen LogP contribution in [0.5, 0.6) is 0 Å². The van der Waals surface area contributed by atoms with Crippen LogP contribution in [0.4, 0.5) is 0 Å². The molecule has 86 valence electrons. The fourth-order valence-electron chi connectivity index (χ4n) is 1.74. The maximum absolute atomic E-state index is 12.0. The predicted octanol–water partition coefficient (Wildman–Crippen LogP) is 2.31. The predicted molar refractivity (Wildman–Crippen MR) is 58.5 cm³/mol. The van der Waals surface area contributed by atoms with Crippen LogP contribution in [0, 0.1) is 5.92 Å². The Balaban J connectivity index is 2.53. The van der Waals surface area contributed by atoms with E-state index in [2.05, 4.69) is 6.08 Å². The van der Waals surface area contributed by atoms with Crippen molar-refractivity contribution in [3.63, 3.8) is 0 Å². The molecule has 3 nitrogen and oxygen atoms in total. The molecule has 1 aliphatic rings. The van der Waals surface area contributed by atoms with E-state index in [0.29, 0.717) is 13.2 Å². The van der Waals surface area contributed by atoms with E-state index in [-0.39, 0.29) is 11.7 Å². The Labute approximate surface area is 91.4 Å². The Hall–Kier alpha value is -0.670. The molecule has 0 spiro atoms. The molecule has 0 saturated carbocycles. The lowest BCUT2D eigenvalue weighted by molar-refractivity contribution is -0.170. The zero-order valence-corrected chi connectivity index (χ0v) is 9.57. The molecule has 0 heterocycles. The highest BCUT2D eigenvalue weighted by atomic mass is 16.7. The second kappa shape index (κ2) is 6.75. The molecule has 1 unspecified atom stereocenters. The third-order valence-corrected chi connectivity index (χ3v) is 2.49. The lowest BCUT2D eigenvalue weighted by Gasteiger charge is -2.21. The summed E-state index contributed by atoms with van der Waals surface area (Å²) in [6, 6.07) is 0. The second-order valence-electron chi connectivity index (χ2n) is 3.61. The monoisotopic (exact) mass is 212 g/mol. The fraction of sp³-hybridized carbons (Fsp3) is 0.750. The lowest BCUT2D eigenvalue weighted by Crippen LogP contribution is -2.33. The van der Waals surface area contributed by atoms with Gasteiger partial charge in [-0.1, -0.05) is 12.2 Å². The number of ketones is 1. The van der Waals surface area contributed by atoms with Crippen LogP contribution in [0.25, 0.3) is 0 Å². The molecule has 1 atom stereocenters. The number of hydrogen-bond donors (Lipinski definition) is 0. The van der Waals surface area contributed by atoms with E-state index in [1.165, 1.54) is 0 Å². The van der Waals surface area contributed by atoms with Gasteiger partial charge in [-0.05, 0) is 33.1 Å². The number of hydrogen-bond acceptors (Lipinski definition) is 3. The summed E-state index contributed by atoms with van der Waals surface area (Å²) in [6.45, 7) is 4.76. The van der Waals surface area contributed by atoms with Crippen LogP contribution in [0.2, 0.25) is 0 Å². The molecule has 0 amide bonds. The molecular formula is C12H20O3. The van der Waals surface area contributed by atoms with Crippen molar-refractivity contribution in [1.29, 1.82) is 0 Å². The molecule has 3 heteroatoms. The van der Waals surface area contributed by atoms with E-state index >= 15 is 0 Å². The molecule has 0 bridgehead atoms. The number of carbonyl (C=O) groups is 1. The zero-order chi connectivity index (χ0) is 11.1. The van der Waals surface area contributed by atoms with E-state index in [0.717, 1.165) is 19.3 Å². The van der Waals surface area contributed by atoms with Crippen LogP contribution in [-0.2, 0) is 14.3 Å². The van der Waals surface area contributed by atoms with Crippen LogP contribution < -0.4 is 0 Å². The Morgan fingerprint density at radius 1 is 1.40 bits per heavy atom. The van der Waals surface area contributed by atoms with Gasteiger partial charge in [-0.15, -0.1) is 0 Å². The summed E-state index contributed by atoms with van der Waals surface area (Å²) in [5.74, 6) is 0.0523. The summed E-state index contributed by atoms with van der Waals surface area (Å²) in [5, 5.41) is 0. The molecule has 1 rings (SSSR count). The quantitative estimate of drug-likeness (QED) is 0.500. The van der Waals surface area contributed by atoms with Crippen molar-refractivity contribution in [2.75, 3.05) is 13.2 Å². The average Bonchev–Trinajstić information content (AvgIpc) is 2.29. The number of allylic oxidation sites excluding steroid dienone is 2. The third kappa shape index (κ3) is 3.76. The number of rotatable bonds is 6. The standard InChI is InChI=1S/C12H20O3/c1-3-14-12(15-4-2)11(13)10-8-6-5-7-9-10/h6,8,10,12H,3-5,7,9H2,1-2H3. The number of carbonyl (C=O) groups excluding carboxylic acids is 1. The third-order valence-electron chi connectivity index (χ3n) is 2.49. The highest BCUT2D eigenvalue weighted by Crippen LogP contribution is 2.20. The molecule has 15 heavy (non-hydrogen) atoms. The maximum atomic E-state index is 12.0. The first-order valence-electron chi connectivity index (χ1n) is 5.73. The first kappa shape index (κ1) is 12.4. The van der Waals surface area contributed by atoms with Crippen molar-refractivity contribution < 1.29 is 14.3 Å². The van der Waals surface area contributed by atoms with E-state index in [9.17, 15) is 4.79 Å². The molecule has 0 N–H and O–H groups in total. The minimum absolute atomic E-state index is 0.0122. The van der Waals surface area contributed by atoms with Crippen LogP contribution in [0.1, 0.15) is 33.1 Å². The van der Waals surface area contributed by atoms with Gasteiger partial charge < -0.3 is 9.47 Å². The Kier molecular flexibility index (Phi) is 5.58. The highest BCUT2D eigenvalue weighted by molar-refractivity contribution is 5.85. The van der Waals surface area contributed by atoms with E-state index < -0.39 is 6.29 Å². The summed E-state index contributed by atoms with van der Waals surface area (Å²) in [5.41, 5.74) is 0. The molecule has 0 aromatic rings. The van der Waals surface area contributed by atoms with Gasteiger partial charge in [0.1, 0.15) is 0 Å². The summed E-state index contributed by atoms with van der Waals surface area (Å²) >= 11 is 0. The van der Waals surface area contributed by atoms with Gasteiger partial charge >= 0.3 is 0 Å². The van der Waals surface area contributed by atoms with Gasteiger partial charge in [-0.3, -0.25) is 4.79 Å². The SMILES string of the molecule is CCOC(OCC)C(=O)C1C=CCCC1. The second-order valence-corrected chi connectivity index (χ2v) is 3.61. The maximum Gasteiger partial charge on any atom is 0.218 e. The van der Waals surface area contributed by atoms with Crippen molar-refractivity contribution in [3.8, 4) is 0 Å². The summed E-state index contributed by atoms with van der Waals surface area (Å²) in [4.78, 5) is 12.0. The molecule has 0 fully saturated rings. The van der Waals surface area contributed by atoms with E-state index in [4.69, 9.17) is 9.47 Å². The Morgan fingerprint density at radius 2 is 2.07 bits per heavy atom. The van der Waals surface area contributed by atoms with Crippen LogP contribution in [0.3, 0.4) is 0 Å².